The van der Waals surface area contributed by atoms with E-state index in [0.29, 0.717) is 53.5 Å². The standard InChI is InChI=1S/C26H26ClN3O5/c1-3-32-23-11-9-18(13-25(23)33-4-2)15-30-16-19(14-28-30)29-26(31)24-12-10-20(35-24)17-34-22-8-6-5-7-21(22)27/h5-14,16H,3-4,15,17H2,1-2H3,(H,29,31). The van der Waals surface area contributed by atoms with Crippen LogP contribution >= 0.6 is 11.6 Å². The number of hydrogen-bond acceptors (Lipinski definition) is 6. The second-order valence-corrected chi connectivity index (χ2v) is 7.92. The number of halogens is 1. The summed E-state index contributed by atoms with van der Waals surface area (Å²) in [6, 6.07) is 16.2. The average molecular weight is 496 g/mol. The van der Waals surface area contributed by atoms with Crippen molar-refractivity contribution in [2.75, 3.05) is 18.5 Å². The van der Waals surface area contributed by atoms with Crippen LogP contribution in [0.5, 0.6) is 17.2 Å². The Hall–Kier alpha value is -3.91. The molecule has 0 atom stereocenters. The van der Waals surface area contributed by atoms with Gasteiger partial charge in [-0.1, -0.05) is 29.8 Å². The quantitative estimate of drug-likeness (QED) is 0.282. The Bertz CT molecular complexity index is 1280. The van der Waals surface area contributed by atoms with Crippen molar-refractivity contribution in [3.8, 4) is 17.2 Å². The Morgan fingerprint density at radius 2 is 1.80 bits per heavy atom. The number of amides is 1. The van der Waals surface area contributed by atoms with Gasteiger partial charge < -0.3 is 23.9 Å². The van der Waals surface area contributed by atoms with Gasteiger partial charge in [-0.25, -0.2) is 0 Å². The van der Waals surface area contributed by atoms with Gasteiger partial charge in [0.05, 0.1) is 36.7 Å². The van der Waals surface area contributed by atoms with Gasteiger partial charge in [-0.3, -0.25) is 9.48 Å². The molecule has 9 heteroatoms. The summed E-state index contributed by atoms with van der Waals surface area (Å²) in [6.45, 7) is 5.63. The minimum atomic E-state index is -0.381. The molecular weight excluding hydrogens is 470 g/mol. The van der Waals surface area contributed by atoms with Crippen molar-refractivity contribution in [2.24, 2.45) is 0 Å². The lowest BCUT2D eigenvalue weighted by atomic mass is 10.2. The fourth-order valence-electron chi connectivity index (χ4n) is 3.38. The molecule has 182 valence electrons. The van der Waals surface area contributed by atoms with E-state index in [4.69, 9.17) is 30.2 Å². The summed E-state index contributed by atoms with van der Waals surface area (Å²) in [6.07, 6.45) is 3.33. The van der Waals surface area contributed by atoms with Gasteiger partial charge in [-0.2, -0.15) is 5.10 Å². The second-order valence-electron chi connectivity index (χ2n) is 7.51. The number of anilines is 1. The van der Waals surface area contributed by atoms with Crippen molar-refractivity contribution in [3.63, 3.8) is 0 Å². The summed E-state index contributed by atoms with van der Waals surface area (Å²) in [7, 11) is 0. The third kappa shape index (κ3) is 6.36. The van der Waals surface area contributed by atoms with E-state index >= 15 is 0 Å². The Morgan fingerprint density at radius 1 is 1.00 bits per heavy atom. The molecule has 0 aliphatic heterocycles. The van der Waals surface area contributed by atoms with Gasteiger partial charge in [0.1, 0.15) is 18.1 Å². The highest BCUT2D eigenvalue weighted by molar-refractivity contribution is 6.32. The van der Waals surface area contributed by atoms with Crippen LogP contribution < -0.4 is 19.5 Å². The van der Waals surface area contributed by atoms with E-state index in [-0.39, 0.29) is 18.3 Å². The lowest BCUT2D eigenvalue weighted by molar-refractivity contribution is 0.0992. The predicted octanol–water partition coefficient (Wildman–Crippen LogP) is 5.81. The number of para-hydroxylation sites is 1. The summed E-state index contributed by atoms with van der Waals surface area (Å²) in [4.78, 5) is 12.6. The van der Waals surface area contributed by atoms with E-state index in [1.165, 1.54) is 0 Å². The lowest BCUT2D eigenvalue weighted by Crippen LogP contribution is -2.10. The first-order valence-corrected chi connectivity index (χ1v) is 11.6. The van der Waals surface area contributed by atoms with Crippen LogP contribution in [0.2, 0.25) is 5.02 Å². The number of nitrogens with zero attached hydrogens (tertiary/aromatic N) is 2. The van der Waals surface area contributed by atoms with Crippen molar-refractivity contribution in [1.29, 1.82) is 0 Å². The Kier molecular flexibility index (Phi) is 7.95. The zero-order valence-corrected chi connectivity index (χ0v) is 20.2. The minimum Gasteiger partial charge on any atom is -0.490 e. The number of hydrogen-bond donors (Lipinski definition) is 1. The number of benzene rings is 2. The molecule has 1 N–H and O–H groups in total. The third-order valence-corrected chi connectivity index (χ3v) is 5.25. The molecule has 1 amide bonds. The Balaban J connectivity index is 1.35. The number of nitrogens with one attached hydrogen (secondary N) is 1. The molecule has 2 aromatic carbocycles. The molecule has 4 rings (SSSR count). The second kappa shape index (κ2) is 11.5. The van der Waals surface area contributed by atoms with Crippen LogP contribution in [0.1, 0.15) is 35.7 Å². The van der Waals surface area contributed by atoms with Crippen LogP contribution in [0.15, 0.2) is 71.4 Å². The molecule has 0 aliphatic carbocycles. The van der Waals surface area contributed by atoms with E-state index in [0.717, 1.165) is 5.56 Å². The minimum absolute atomic E-state index is 0.154. The lowest BCUT2D eigenvalue weighted by Gasteiger charge is -2.12. The van der Waals surface area contributed by atoms with E-state index in [2.05, 4.69) is 10.4 Å². The maximum absolute atomic E-state index is 12.6. The van der Waals surface area contributed by atoms with Crippen LogP contribution in [-0.4, -0.2) is 28.9 Å². The van der Waals surface area contributed by atoms with Crippen LogP contribution in [-0.2, 0) is 13.2 Å². The molecule has 0 radical (unpaired) electrons. The molecule has 0 aliphatic rings. The molecule has 4 aromatic rings. The number of aromatic nitrogens is 2. The smallest absolute Gasteiger partial charge is 0.291 e. The van der Waals surface area contributed by atoms with Crippen LogP contribution in [0.3, 0.4) is 0 Å². The molecule has 0 saturated carbocycles. The van der Waals surface area contributed by atoms with Gasteiger partial charge >= 0.3 is 0 Å². The van der Waals surface area contributed by atoms with Crippen molar-refractivity contribution >= 4 is 23.2 Å². The molecule has 0 fully saturated rings. The number of carbonyl (C=O) groups is 1. The van der Waals surface area contributed by atoms with Crippen molar-refractivity contribution in [2.45, 2.75) is 27.0 Å². The van der Waals surface area contributed by atoms with E-state index < -0.39 is 0 Å². The fraction of sp³-hybridized carbons (Fsp3) is 0.231. The van der Waals surface area contributed by atoms with Crippen molar-refractivity contribution < 1.29 is 23.4 Å². The summed E-state index contributed by atoms with van der Waals surface area (Å²) in [5, 5.41) is 7.64. The van der Waals surface area contributed by atoms with E-state index in [1.54, 1.807) is 41.3 Å². The maximum atomic E-state index is 12.6. The highest BCUT2D eigenvalue weighted by Crippen LogP contribution is 2.29. The summed E-state index contributed by atoms with van der Waals surface area (Å²) in [5.41, 5.74) is 1.54. The van der Waals surface area contributed by atoms with Gasteiger partial charge in [0, 0.05) is 6.20 Å². The molecule has 0 spiro atoms. The highest BCUT2D eigenvalue weighted by Gasteiger charge is 2.14. The monoisotopic (exact) mass is 495 g/mol. The first-order valence-electron chi connectivity index (χ1n) is 11.2. The third-order valence-electron chi connectivity index (χ3n) is 4.94. The average Bonchev–Trinajstić information content (AvgIpc) is 3.50. The predicted molar refractivity (Wildman–Crippen MR) is 133 cm³/mol. The topological polar surface area (TPSA) is 87.8 Å². The fourth-order valence-corrected chi connectivity index (χ4v) is 3.57. The van der Waals surface area contributed by atoms with Gasteiger partial charge in [0.2, 0.25) is 0 Å². The largest absolute Gasteiger partial charge is 0.490 e. The number of furan rings is 1. The van der Waals surface area contributed by atoms with Gasteiger partial charge in [0.15, 0.2) is 17.3 Å². The molecular formula is C26H26ClN3O5. The first-order chi connectivity index (χ1) is 17.1. The molecule has 35 heavy (non-hydrogen) atoms. The van der Waals surface area contributed by atoms with Crippen molar-refractivity contribution in [1.82, 2.24) is 9.78 Å². The molecule has 0 unspecified atom stereocenters. The number of rotatable bonds is 11. The highest BCUT2D eigenvalue weighted by atomic mass is 35.5. The van der Waals surface area contributed by atoms with E-state index in [9.17, 15) is 4.79 Å². The maximum Gasteiger partial charge on any atom is 0.291 e. The summed E-state index contributed by atoms with van der Waals surface area (Å²) < 4.78 is 24.3. The van der Waals surface area contributed by atoms with Crippen LogP contribution in [0.25, 0.3) is 0 Å². The molecule has 0 saturated heterocycles. The molecule has 2 aromatic heterocycles. The van der Waals surface area contributed by atoms with Crippen LogP contribution in [0.4, 0.5) is 5.69 Å². The Morgan fingerprint density at radius 3 is 2.60 bits per heavy atom. The first kappa shape index (κ1) is 24.2. The number of carbonyl (C=O) groups excluding carboxylic acids is 1. The molecule has 2 heterocycles. The van der Waals surface area contributed by atoms with Crippen molar-refractivity contribution in [3.05, 3.63) is 89.1 Å². The summed E-state index contributed by atoms with van der Waals surface area (Å²) in [5.74, 6) is 2.24. The number of ether oxygens (including phenoxy) is 3. The Labute approximate surface area is 208 Å². The SMILES string of the molecule is CCOc1ccc(Cn2cc(NC(=O)c3ccc(COc4ccccc4Cl)o3)cn2)cc1OCC. The normalized spacial score (nSPS) is 10.7. The van der Waals surface area contributed by atoms with Crippen LogP contribution in [0, 0.1) is 0 Å². The van der Waals surface area contributed by atoms with E-state index in [1.807, 2.05) is 44.2 Å². The molecule has 8 nitrogen and oxygen atoms in total. The summed E-state index contributed by atoms with van der Waals surface area (Å²) >= 11 is 6.09. The molecule has 0 bridgehead atoms. The zero-order valence-electron chi connectivity index (χ0n) is 19.5. The van der Waals surface area contributed by atoms with Gasteiger partial charge in [-0.15, -0.1) is 0 Å². The van der Waals surface area contributed by atoms with Gasteiger partial charge in [-0.05, 0) is 55.8 Å². The zero-order chi connectivity index (χ0) is 24.6. The van der Waals surface area contributed by atoms with Gasteiger partial charge in [0.25, 0.3) is 5.91 Å².